The SMILES string of the molecule is Cc1nc(NC(=O)CCOc2ccc(Cl)cc2)sc1CN1CCC(C)CC1. The number of carbonyl (C=O) groups excluding carboxylic acids is 1. The highest BCUT2D eigenvalue weighted by Gasteiger charge is 2.18. The Kier molecular flexibility index (Phi) is 7.10. The fourth-order valence-corrected chi connectivity index (χ4v) is 4.17. The summed E-state index contributed by atoms with van der Waals surface area (Å²) >= 11 is 7.41. The second-order valence-corrected chi connectivity index (χ2v) is 8.61. The quantitative estimate of drug-likeness (QED) is 0.719. The average molecular weight is 408 g/mol. The second kappa shape index (κ2) is 9.53. The molecule has 0 radical (unpaired) electrons. The molecular formula is C20H26ClN3O2S. The Morgan fingerprint density at radius 1 is 1.33 bits per heavy atom. The van der Waals surface area contributed by atoms with Gasteiger partial charge < -0.3 is 10.1 Å². The third-order valence-corrected chi connectivity index (χ3v) is 6.10. The number of aromatic nitrogens is 1. The Hall–Kier alpha value is -1.63. The number of rotatable bonds is 7. The molecule has 2 aromatic rings. The molecule has 1 aromatic heterocycles. The highest BCUT2D eigenvalue weighted by molar-refractivity contribution is 7.15. The van der Waals surface area contributed by atoms with E-state index >= 15 is 0 Å². The summed E-state index contributed by atoms with van der Waals surface area (Å²) in [5.74, 6) is 1.44. The number of anilines is 1. The maximum atomic E-state index is 12.1. The molecule has 0 atom stereocenters. The number of ether oxygens (including phenoxy) is 1. The molecule has 27 heavy (non-hydrogen) atoms. The van der Waals surface area contributed by atoms with Crippen molar-refractivity contribution < 1.29 is 9.53 Å². The van der Waals surface area contributed by atoms with Gasteiger partial charge in [0, 0.05) is 16.4 Å². The molecule has 0 saturated carbocycles. The van der Waals surface area contributed by atoms with E-state index < -0.39 is 0 Å². The number of piperidine rings is 1. The molecule has 1 amide bonds. The molecule has 1 fully saturated rings. The summed E-state index contributed by atoms with van der Waals surface area (Å²) in [4.78, 5) is 20.4. The Morgan fingerprint density at radius 2 is 2.04 bits per heavy atom. The van der Waals surface area contributed by atoms with Crippen LogP contribution in [0.2, 0.25) is 5.02 Å². The van der Waals surface area contributed by atoms with Crippen LogP contribution in [0.5, 0.6) is 5.75 Å². The Balaban J connectivity index is 1.44. The molecule has 3 rings (SSSR count). The van der Waals surface area contributed by atoms with Crippen molar-refractivity contribution in [1.82, 2.24) is 9.88 Å². The molecule has 5 nitrogen and oxygen atoms in total. The number of hydrogen-bond donors (Lipinski definition) is 1. The van der Waals surface area contributed by atoms with Gasteiger partial charge in [-0.15, -0.1) is 11.3 Å². The van der Waals surface area contributed by atoms with Crippen molar-refractivity contribution in [3.63, 3.8) is 0 Å². The van der Waals surface area contributed by atoms with Crippen molar-refractivity contribution in [3.8, 4) is 5.75 Å². The molecule has 0 aliphatic carbocycles. The first-order valence-electron chi connectivity index (χ1n) is 9.36. The van der Waals surface area contributed by atoms with Crippen molar-refractivity contribution in [2.24, 2.45) is 5.92 Å². The number of nitrogens with one attached hydrogen (secondary N) is 1. The van der Waals surface area contributed by atoms with Crippen LogP contribution in [-0.4, -0.2) is 35.5 Å². The van der Waals surface area contributed by atoms with Gasteiger partial charge in [-0.3, -0.25) is 9.69 Å². The van der Waals surface area contributed by atoms with Gasteiger partial charge in [-0.1, -0.05) is 18.5 Å². The number of carbonyl (C=O) groups is 1. The number of benzene rings is 1. The number of thiazole rings is 1. The molecule has 2 heterocycles. The van der Waals surface area contributed by atoms with E-state index in [2.05, 4.69) is 22.1 Å². The Labute approximate surface area is 169 Å². The first-order chi connectivity index (χ1) is 13.0. The first-order valence-corrected chi connectivity index (χ1v) is 10.6. The summed E-state index contributed by atoms with van der Waals surface area (Å²) in [6, 6.07) is 7.11. The molecule has 1 aliphatic rings. The van der Waals surface area contributed by atoms with Gasteiger partial charge in [0.05, 0.1) is 18.7 Å². The summed E-state index contributed by atoms with van der Waals surface area (Å²) in [7, 11) is 0. The monoisotopic (exact) mass is 407 g/mol. The summed E-state index contributed by atoms with van der Waals surface area (Å²) in [6.45, 7) is 7.85. The molecule has 146 valence electrons. The van der Waals surface area contributed by atoms with Gasteiger partial charge in [-0.05, 0) is 63.0 Å². The van der Waals surface area contributed by atoms with E-state index in [1.165, 1.54) is 17.7 Å². The van der Waals surface area contributed by atoms with Crippen molar-refractivity contribution >= 4 is 34.0 Å². The van der Waals surface area contributed by atoms with Gasteiger partial charge in [-0.25, -0.2) is 4.98 Å². The zero-order valence-electron chi connectivity index (χ0n) is 15.8. The van der Waals surface area contributed by atoms with Crippen molar-refractivity contribution in [2.75, 3.05) is 25.0 Å². The molecule has 1 N–H and O–H groups in total. The lowest BCUT2D eigenvalue weighted by Gasteiger charge is -2.29. The van der Waals surface area contributed by atoms with Crippen molar-refractivity contribution in [1.29, 1.82) is 0 Å². The maximum Gasteiger partial charge on any atom is 0.229 e. The fourth-order valence-electron chi connectivity index (χ4n) is 3.03. The lowest BCUT2D eigenvalue weighted by Crippen LogP contribution is -2.32. The molecule has 1 saturated heterocycles. The first kappa shape index (κ1) is 20.1. The normalized spacial score (nSPS) is 15.7. The standard InChI is InChI=1S/C20H26ClN3O2S/c1-14-7-10-24(11-8-14)13-18-15(2)22-20(27-18)23-19(25)9-12-26-17-5-3-16(21)4-6-17/h3-6,14H,7-13H2,1-2H3,(H,22,23,25). The lowest BCUT2D eigenvalue weighted by molar-refractivity contribution is -0.116. The van der Waals surface area contributed by atoms with Crippen LogP contribution in [0.1, 0.15) is 36.8 Å². The molecule has 0 bridgehead atoms. The van der Waals surface area contributed by atoms with Gasteiger partial charge in [0.15, 0.2) is 5.13 Å². The van der Waals surface area contributed by atoms with Gasteiger partial charge in [0.1, 0.15) is 5.75 Å². The third-order valence-electron chi connectivity index (χ3n) is 4.79. The number of halogens is 1. The Morgan fingerprint density at radius 3 is 2.74 bits per heavy atom. The average Bonchev–Trinajstić information content (AvgIpc) is 2.97. The molecule has 0 unspecified atom stereocenters. The summed E-state index contributed by atoms with van der Waals surface area (Å²) in [6.07, 6.45) is 2.80. The van der Waals surface area contributed by atoms with E-state index in [0.717, 1.165) is 31.2 Å². The zero-order chi connectivity index (χ0) is 19.2. The van der Waals surface area contributed by atoms with Crippen LogP contribution in [-0.2, 0) is 11.3 Å². The van der Waals surface area contributed by atoms with Crippen LogP contribution < -0.4 is 10.1 Å². The van der Waals surface area contributed by atoms with Crippen molar-refractivity contribution in [2.45, 2.75) is 39.7 Å². The molecule has 0 spiro atoms. The van der Waals surface area contributed by atoms with Crippen molar-refractivity contribution in [3.05, 3.63) is 39.9 Å². The maximum absolute atomic E-state index is 12.1. The predicted octanol–water partition coefficient (Wildman–Crippen LogP) is 4.74. The molecule has 1 aromatic carbocycles. The zero-order valence-corrected chi connectivity index (χ0v) is 17.4. The predicted molar refractivity (Wildman–Crippen MR) is 111 cm³/mol. The minimum Gasteiger partial charge on any atom is -0.493 e. The van der Waals surface area contributed by atoms with Gasteiger partial charge in [-0.2, -0.15) is 0 Å². The topological polar surface area (TPSA) is 54.5 Å². The number of nitrogens with zero attached hydrogens (tertiary/aromatic N) is 2. The highest BCUT2D eigenvalue weighted by Crippen LogP contribution is 2.26. The molecule has 1 aliphatic heterocycles. The van der Waals surface area contributed by atoms with Crippen LogP contribution >= 0.6 is 22.9 Å². The van der Waals surface area contributed by atoms with Gasteiger partial charge in [0.2, 0.25) is 5.91 Å². The van der Waals surface area contributed by atoms with E-state index in [4.69, 9.17) is 16.3 Å². The van der Waals surface area contributed by atoms with Crippen LogP contribution in [0.3, 0.4) is 0 Å². The smallest absolute Gasteiger partial charge is 0.229 e. The van der Waals surface area contributed by atoms with E-state index in [9.17, 15) is 4.79 Å². The summed E-state index contributed by atoms with van der Waals surface area (Å²) < 4.78 is 5.56. The summed E-state index contributed by atoms with van der Waals surface area (Å²) in [5, 5.41) is 4.22. The van der Waals surface area contributed by atoms with E-state index in [-0.39, 0.29) is 12.3 Å². The minimum atomic E-state index is -0.0870. The lowest BCUT2D eigenvalue weighted by atomic mass is 9.99. The van der Waals surface area contributed by atoms with Crippen LogP contribution in [0, 0.1) is 12.8 Å². The van der Waals surface area contributed by atoms with Crippen LogP contribution in [0.25, 0.3) is 0 Å². The van der Waals surface area contributed by atoms with E-state index in [1.54, 1.807) is 35.6 Å². The van der Waals surface area contributed by atoms with E-state index in [0.29, 0.717) is 22.5 Å². The number of amides is 1. The summed E-state index contributed by atoms with van der Waals surface area (Å²) in [5.41, 5.74) is 1.01. The minimum absolute atomic E-state index is 0.0870. The largest absolute Gasteiger partial charge is 0.493 e. The third kappa shape index (κ3) is 6.19. The number of likely N-dealkylation sites (tertiary alicyclic amines) is 1. The Bertz CT molecular complexity index is 755. The number of aryl methyl sites for hydroxylation is 1. The van der Waals surface area contributed by atoms with Crippen LogP contribution in [0.4, 0.5) is 5.13 Å². The number of hydrogen-bond acceptors (Lipinski definition) is 5. The van der Waals surface area contributed by atoms with E-state index in [1.807, 2.05) is 6.92 Å². The molecule has 7 heteroatoms. The van der Waals surface area contributed by atoms with Crippen LogP contribution in [0.15, 0.2) is 24.3 Å². The highest BCUT2D eigenvalue weighted by atomic mass is 35.5. The second-order valence-electron chi connectivity index (χ2n) is 7.09. The molecular weight excluding hydrogens is 382 g/mol. The fraction of sp³-hybridized carbons (Fsp3) is 0.500. The van der Waals surface area contributed by atoms with Gasteiger partial charge >= 0.3 is 0 Å². The van der Waals surface area contributed by atoms with Gasteiger partial charge in [0.25, 0.3) is 0 Å².